The van der Waals surface area contributed by atoms with E-state index in [2.05, 4.69) is 15.5 Å². The Morgan fingerprint density at radius 2 is 2.08 bits per heavy atom. The van der Waals surface area contributed by atoms with Crippen LogP contribution in [0.3, 0.4) is 0 Å². The van der Waals surface area contributed by atoms with Crippen molar-refractivity contribution in [2.75, 3.05) is 26.7 Å². The third-order valence-corrected chi connectivity index (χ3v) is 4.48. The molecule has 2 aromatic carbocycles. The molecule has 1 amide bonds. The minimum atomic E-state index is -0.834. The number of nitrogens with one attached hydrogen (secondary N) is 2. The summed E-state index contributed by atoms with van der Waals surface area (Å²) in [6.07, 6.45) is 0. The Bertz CT molecular complexity index is 766. The van der Waals surface area contributed by atoms with Crippen molar-refractivity contribution < 1.29 is 13.6 Å². The highest BCUT2D eigenvalue weighted by molar-refractivity contribution is 5.94. The maximum absolute atomic E-state index is 13.5. The molecule has 1 aliphatic rings. The van der Waals surface area contributed by atoms with E-state index >= 15 is 0 Å². The van der Waals surface area contributed by atoms with Crippen LogP contribution in [-0.2, 0) is 6.54 Å². The van der Waals surface area contributed by atoms with Gasteiger partial charge in [0.1, 0.15) is 0 Å². The molecule has 1 aliphatic heterocycles. The lowest BCUT2D eigenvalue weighted by Gasteiger charge is -2.36. The first-order valence-electron chi connectivity index (χ1n) is 8.29. The summed E-state index contributed by atoms with van der Waals surface area (Å²) in [5.74, 6) is -1.79. The number of benzene rings is 2. The van der Waals surface area contributed by atoms with Gasteiger partial charge in [-0.05, 0) is 35.4 Å². The van der Waals surface area contributed by atoms with E-state index in [9.17, 15) is 13.6 Å². The average molecular weight is 345 g/mol. The van der Waals surface area contributed by atoms with E-state index in [1.165, 1.54) is 6.07 Å². The summed E-state index contributed by atoms with van der Waals surface area (Å²) in [6.45, 7) is 2.87. The summed E-state index contributed by atoms with van der Waals surface area (Å²) in [4.78, 5) is 14.1. The van der Waals surface area contributed by atoms with Gasteiger partial charge in [-0.15, -0.1) is 0 Å². The van der Waals surface area contributed by atoms with Gasteiger partial charge in [-0.3, -0.25) is 9.69 Å². The van der Waals surface area contributed by atoms with E-state index in [-0.39, 0.29) is 11.9 Å². The van der Waals surface area contributed by atoms with Crippen LogP contribution in [-0.4, -0.2) is 37.5 Å². The fourth-order valence-electron chi connectivity index (χ4n) is 3.17. The molecule has 4 nitrogen and oxygen atoms in total. The highest BCUT2D eigenvalue weighted by Crippen LogP contribution is 2.25. The lowest BCUT2D eigenvalue weighted by molar-refractivity contribution is 0.0962. The van der Waals surface area contributed by atoms with Gasteiger partial charge in [-0.2, -0.15) is 0 Å². The molecule has 25 heavy (non-hydrogen) atoms. The van der Waals surface area contributed by atoms with Gasteiger partial charge < -0.3 is 10.6 Å². The number of carbonyl (C=O) groups excluding carboxylic acids is 1. The molecule has 0 aromatic heterocycles. The molecule has 1 saturated heterocycles. The molecule has 0 unspecified atom stereocenters. The number of halogens is 2. The molecule has 2 N–H and O–H groups in total. The number of carbonyl (C=O) groups is 1. The third kappa shape index (κ3) is 4.03. The predicted molar refractivity (Wildman–Crippen MR) is 92.2 cm³/mol. The van der Waals surface area contributed by atoms with Crippen molar-refractivity contribution in [2.24, 2.45) is 0 Å². The molecule has 1 heterocycles. The van der Waals surface area contributed by atoms with E-state index < -0.39 is 11.6 Å². The van der Waals surface area contributed by atoms with Crippen LogP contribution in [0.25, 0.3) is 0 Å². The predicted octanol–water partition coefficient (Wildman–Crippen LogP) is 2.47. The molecule has 0 aliphatic carbocycles. The van der Waals surface area contributed by atoms with Gasteiger partial charge in [-0.25, -0.2) is 8.78 Å². The lowest BCUT2D eigenvalue weighted by Crippen LogP contribution is -2.45. The van der Waals surface area contributed by atoms with Gasteiger partial charge >= 0.3 is 0 Å². The molecule has 0 radical (unpaired) electrons. The van der Waals surface area contributed by atoms with Crippen LogP contribution in [0.2, 0.25) is 0 Å². The molecular weight excluding hydrogens is 324 g/mol. The number of nitrogens with zero attached hydrogens (tertiary/aromatic N) is 1. The minimum Gasteiger partial charge on any atom is -0.355 e. The van der Waals surface area contributed by atoms with Gasteiger partial charge in [0.05, 0.1) is 0 Å². The first kappa shape index (κ1) is 17.5. The monoisotopic (exact) mass is 345 g/mol. The Kier molecular flexibility index (Phi) is 5.40. The Labute approximate surface area is 145 Å². The van der Waals surface area contributed by atoms with E-state index in [1.54, 1.807) is 19.2 Å². The van der Waals surface area contributed by atoms with Crippen LogP contribution in [0.5, 0.6) is 0 Å². The third-order valence-electron chi connectivity index (χ3n) is 4.48. The summed E-state index contributed by atoms with van der Waals surface area (Å²) in [5.41, 5.74) is 2.36. The van der Waals surface area contributed by atoms with Gasteiger partial charge in [-0.1, -0.05) is 18.2 Å². The van der Waals surface area contributed by atoms with Crippen LogP contribution >= 0.6 is 0 Å². The van der Waals surface area contributed by atoms with Gasteiger partial charge in [0.25, 0.3) is 5.91 Å². The molecule has 3 rings (SSSR count). The summed E-state index contributed by atoms with van der Waals surface area (Å²) >= 11 is 0. The highest BCUT2D eigenvalue weighted by atomic mass is 19.2. The maximum atomic E-state index is 13.5. The quantitative estimate of drug-likeness (QED) is 0.895. The zero-order valence-electron chi connectivity index (χ0n) is 14.1. The van der Waals surface area contributed by atoms with Crippen LogP contribution < -0.4 is 10.6 Å². The van der Waals surface area contributed by atoms with Crippen LogP contribution in [0.15, 0.2) is 42.5 Å². The van der Waals surface area contributed by atoms with Crippen molar-refractivity contribution in [3.05, 3.63) is 70.8 Å². The van der Waals surface area contributed by atoms with Crippen molar-refractivity contribution in [3.8, 4) is 0 Å². The number of hydrogen-bond donors (Lipinski definition) is 2. The fourth-order valence-corrected chi connectivity index (χ4v) is 3.17. The van der Waals surface area contributed by atoms with Crippen molar-refractivity contribution in [2.45, 2.75) is 12.6 Å². The maximum Gasteiger partial charge on any atom is 0.251 e. The highest BCUT2D eigenvalue weighted by Gasteiger charge is 2.24. The van der Waals surface area contributed by atoms with E-state index in [1.807, 2.05) is 18.2 Å². The van der Waals surface area contributed by atoms with E-state index in [0.29, 0.717) is 12.1 Å². The molecule has 0 saturated carbocycles. The Hall–Kier alpha value is -2.31. The Balaban J connectivity index is 1.83. The minimum absolute atomic E-state index is 0.0615. The Morgan fingerprint density at radius 3 is 2.84 bits per heavy atom. The van der Waals surface area contributed by atoms with Crippen molar-refractivity contribution >= 4 is 5.91 Å². The largest absolute Gasteiger partial charge is 0.355 e. The molecule has 1 fully saturated rings. The molecule has 1 atom stereocenters. The molecule has 2 aromatic rings. The van der Waals surface area contributed by atoms with E-state index in [0.717, 1.165) is 36.8 Å². The van der Waals surface area contributed by atoms with E-state index in [4.69, 9.17) is 0 Å². The van der Waals surface area contributed by atoms with Crippen molar-refractivity contribution in [3.63, 3.8) is 0 Å². The molecule has 0 spiro atoms. The summed E-state index contributed by atoms with van der Waals surface area (Å²) in [6, 6.07) is 11.6. The zero-order valence-corrected chi connectivity index (χ0v) is 14.1. The smallest absolute Gasteiger partial charge is 0.251 e. The van der Waals surface area contributed by atoms with Crippen LogP contribution in [0.1, 0.15) is 27.5 Å². The van der Waals surface area contributed by atoms with Gasteiger partial charge in [0.15, 0.2) is 11.6 Å². The normalized spacial score (nSPS) is 18.1. The molecule has 6 heteroatoms. The Morgan fingerprint density at radius 1 is 1.24 bits per heavy atom. The summed E-state index contributed by atoms with van der Waals surface area (Å²) in [5, 5.41) is 5.98. The van der Waals surface area contributed by atoms with Gasteiger partial charge in [0, 0.05) is 44.8 Å². The second-order valence-electron chi connectivity index (χ2n) is 6.14. The summed E-state index contributed by atoms with van der Waals surface area (Å²) < 4.78 is 26.6. The SMILES string of the molecule is CNC(=O)c1cccc([C@H]2CNCCN2Cc2ccc(F)c(F)c2)c1. The molecule has 0 bridgehead atoms. The first-order chi connectivity index (χ1) is 12.1. The second kappa shape index (κ2) is 7.72. The number of piperazine rings is 1. The molecule has 132 valence electrons. The number of rotatable bonds is 4. The number of amides is 1. The number of hydrogen-bond acceptors (Lipinski definition) is 3. The second-order valence-corrected chi connectivity index (χ2v) is 6.14. The topological polar surface area (TPSA) is 44.4 Å². The van der Waals surface area contributed by atoms with Crippen LogP contribution in [0, 0.1) is 11.6 Å². The average Bonchev–Trinajstić information content (AvgIpc) is 2.64. The lowest BCUT2D eigenvalue weighted by atomic mass is 9.99. The van der Waals surface area contributed by atoms with Gasteiger partial charge in [0.2, 0.25) is 0 Å². The van der Waals surface area contributed by atoms with Crippen LogP contribution in [0.4, 0.5) is 8.78 Å². The zero-order chi connectivity index (χ0) is 17.8. The molecular formula is C19H21F2N3O. The first-order valence-corrected chi connectivity index (χ1v) is 8.29. The standard InChI is InChI=1S/C19H21F2N3O/c1-22-19(25)15-4-2-3-14(10-15)18-11-23-7-8-24(18)12-13-5-6-16(20)17(21)9-13/h2-6,9-10,18,23H,7-8,11-12H2,1H3,(H,22,25)/t18-/m1/s1. The van der Waals surface area contributed by atoms with Crippen molar-refractivity contribution in [1.29, 1.82) is 0 Å². The fraction of sp³-hybridized carbons (Fsp3) is 0.316. The van der Waals surface area contributed by atoms with Crippen molar-refractivity contribution in [1.82, 2.24) is 15.5 Å². The summed E-state index contributed by atoms with van der Waals surface area (Å²) in [7, 11) is 1.60.